The number of rotatable bonds is 11. The summed E-state index contributed by atoms with van der Waals surface area (Å²) in [5, 5.41) is 4.95. The molecule has 7 nitrogen and oxygen atoms in total. The van der Waals surface area contributed by atoms with Crippen molar-refractivity contribution in [1.29, 1.82) is 0 Å². The monoisotopic (exact) mass is 456 g/mol. The number of nitrogens with one attached hydrogen (secondary N) is 1. The number of ether oxygens (including phenoxy) is 2. The van der Waals surface area contributed by atoms with E-state index in [1.165, 1.54) is 4.31 Å². The zero-order valence-electron chi connectivity index (χ0n) is 18.3. The molecule has 170 valence electrons. The highest BCUT2D eigenvalue weighted by Crippen LogP contribution is 2.25. The van der Waals surface area contributed by atoms with Gasteiger partial charge in [-0.3, -0.25) is 9.10 Å². The molecular formula is C24H28N2O5S. The average molecular weight is 457 g/mol. The maximum absolute atomic E-state index is 12.2. The molecule has 0 heterocycles. The number of fused-ring (bicyclic) bond motifs is 1. The third-order valence-electron chi connectivity index (χ3n) is 4.96. The van der Waals surface area contributed by atoms with Crippen LogP contribution in [0.1, 0.15) is 12.8 Å². The van der Waals surface area contributed by atoms with Crippen molar-refractivity contribution in [2.75, 3.05) is 37.4 Å². The van der Waals surface area contributed by atoms with E-state index in [1.54, 1.807) is 31.4 Å². The third-order valence-corrected chi connectivity index (χ3v) is 6.15. The second-order valence-electron chi connectivity index (χ2n) is 7.31. The molecule has 0 aliphatic carbocycles. The molecule has 0 aliphatic heterocycles. The number of methoxy groups -OCH3 is 1. The van der Waals surface area contributed by atoms with Crippen LogP contribution in [0.4, 0.5) is 5.69 Å². The van der Waals surface area contributed by atoms with E-state index in [4.69, 9.17) is 9.47 Å². The van der Waals surface area contributed by atoms with Crippen LogP contribution in [-0.2, 0) is 14.8 Å². The van der Waals surface area contributed by atoms with Crippen molar-refractivity contribution in [1.82, 2.24) is 5.32 Å². The highest BCUT2D eigenvalue weighted by Gasteiger charge is 2.17. The van der Waals surface area contributed by atoms with Crippen molar-refractivity contribution in [3.8, 4) is 11.5 Å². The van der Waals surface area contributed by atoms with Crippen molar-refractivity contribution in [2.24, 2.45) is 0 Å². The fourth-order valence-electron chi connectivity index (χ4n) is 3.38. The first-order valence-electron chi connectivity index (χ1n) is 10.4. The lowest BCUT2D eigenvalue weighted by Gasteiger charge is -2.22. The number of carbonyl (C=O) groups excluding carboxylic acids is 1. The van der Waals surface area contributed by atoms with Gasteiger partial charge in [-0.05, 0) is 42.1 Å². The zero-order valence-corrected chi connectivity index (χ0v) is 19.1. The van der Waals surface area contributed by atoms with Gasteiger partial charge >= 0.3 is 0 Å². The minimum absolute atomic E-state index is 0.144. The van der Waals surface area contributed by atoms with Crippen LogP contribution in [0, 0.1) is 0 Å². The van der Waals surface area contributed by atoms with Crippen molar-refractivity contribution in [3.63, 3.8) is 0 Å². The zero-order chi connectivity index (χ0) is 23.0. The molecule has 0 atom stereocenters. The number of sulfonamides is 1. The molecule has 3 aromatic carbocycles. The Bertz CT molecular complexity index is 1140. The van der Waals surface area contributed by atoms with Gasteiger partial charge in [-0.1, -0.05) is 36.4 Å². The number of hydrogen-bond acceptors (Lipinski definition) is 5. The van der Waals surface area contributed by atoms with E-state index in [9.17, 15) is 13.2 Å². The van der Waals surface area contributed by atoms with Gasteiger partial charge in [0.2, 0.25) is 15.9 Å². The maximum Gasteiger partial charge on any atom is 0.232 e. The summed E-state index contributed by atoms with van der Waals surface area (Å²) in [7, 11) is -1.91. The summed E-state index contributed by atoms with van der Waals surface area (Å²) >= 11 is 0. The number of nitrogens with zero attached hydrogens (tertiary/aromatic N) is 1. The molecule has 0 radical (unpaired) electrons. The first-order chi connectivity index (χ1) is 15.4. The van der Waals surface area contributed by atoms with E-state index < -0.39 is 10.0 Å². The predicted octanol–water partition coefficient (Wildman–Crippen LogP) is 3.59. The molecule has 8 heteroatoms. The predicted molar refractivity (Wildman–Crippen MR) is 127 cm³/mol. The molecule has 0 aromatic heterocycles. The second-order valence-corrected chi connectivity index (χ2v) is 9.22. The smallest absolute Gasteiger partial charge is 0.232 e. The normalized spacial score (nSPS) is 11.2. The lowest BCUT2D eigenvalue weighted by molar-refractivity contribution is -0.121. The molecule has 0 fully saturated rings. The van der Waals surface area contributed by atoms with Crippen molar-refractivity contribution >= 4 is 32.4 Å². The molecule has 32 heavy (non-hydrogen) atoms. The van der Waals surface area contributed by atoms with Gasteiger partial charge in [0.15, 0.2) is 0 Å². The summed E-state index contributed by atoms with van der Waals surface area (Å²) < 4.78 is 36.6. The number of hydrogen-bond donors (Lipinski definition) is 1. The van der Waals surface area contributed by atoms with Gasteiger partial charge in [-0.15, -0.1) is 0 Å². The van der Waals surface area contributed by atoms with Gasteiger partial charge in [0.25, 0.3) is 0 Å². The van der Waals surface area contributed by atoms with Gasteiger partial charge < -0.3 is 14.8 Å². The van der Waals surface area contributed by atoms with Gasteiger partial charge in [-0.25, -0.2) is 8.42 Å². The summed E-state index contributed by atoms with van der Waals surface area (Å²) in [6.45, 7) is 0.933. The van der Waals surface area contributed by atoms with Gasteiger partial charge in [-0.2, -0.15) is 0 Å². The van der Waals surface area contributed by atoms with E-state index >= 15 is 0 Å². The van der Waals surface area contributed by atoms with Crippen molar-refractivity contribution in [3.05, 3.63) is 66.7 Å². The van der Waals surface area contributed by atoms with E-state index in [2.05, 4.69) is 5.32 Å². The lowest BCUT2D eigenvalue weighted by atomic mass is 10.1. The molecule has 0 saturated carbocycles. The van der Waals surface area contributed by atoms with E-state index in [0.29, 0.717) is 31.0 Å². The van der Waals surface area contributed by atoms with Gasteiger partial charge in [0.05, 0.1) is 25.6 Å². The minimum atomic E-state index is -3.46. The molecule has 1 N–H and O–H groups in total. The highest BCUT2D eigenvalue weighted by atomic mass is 32.2. The summed E-state index contributed by atoms with van der Waals surface area (Å²) in [4.78, 5) is 12.2. The van der Waals surface area contributed by atoms with Crippen molar-refractivity contribution < 1.29 is 22.7 Å². The fraction of sp³-hybridized carbons (Fsp3) is 0.292. The van der Waals surface area contributed by atoms with Crippen LogP contribution in [0.2, 0.25) is 0 Å². The largest absolute Gasteiger partial charge is 0.497 e. The standard InChI is InChI=1S/C24H28N2O5S/c1-30-21-14-12-20(13-15-21)26(32(2,28)29)17-6-11-24(27)25-16-18-31-23-10-5-8-19-7-3-4-9-22(19)23/h3-5,7-10,12-15H,6,11,16-18H2,1-2H3,(H,25,27). The Morgan fingerprint density at radius 3 is 2.44 bits per heavy atom. The first kappa shape index (κ1) is 23.4. The third kappa shape index (κ3) is 6.37. The number of amides is 1. The van der Waals surface area contributed by atoms with E-state index in [-0.39, 0.29) is 18.9 Å². The van der Waals surface area contributed by atoms with Crippen LogP contribution in [0.3, 0.4) is 0 Å². The Labute approximate surface area is 189 Å². The number of carbonyl (C=O) groups is 1. The van der Waals surface area contributed by atoms with E-state index in [1.807, 2.05) is 42.5 Å². The van der Waals surface area contributed by atoms with Crippen LogP contribution < -0.4 is 19.1 Å². The lowest BCUT2D eigenvalue weighted by Crippen LogP contribution is -2.32. The molecular weight excluding hydrogens is 428 g/mol. The Morgan fingerprint density at radius 1 is 1.00 bits per heavy atom. The van der Waals surface area contributed by atoms with Crippen LogP contribution in [-0.4, -0.2) is 47.4 Å². The molecule has 1 amide bonds. The van der Waals surface area contributed by atoms with Gasteiger partial charge in [0, 0.05) is 18.4 Å². The molecule has 0 aliphatic rings. The topological polar surface area (TPSA) is 84.9 Å². The van der Waals surface area contributed by atoms with Crippen LogP contribution in [0.5, 0.6) is 11.5 Å². The molecule has 3 aromatic rings. The molecule has 0 bridgehead atoms. The van der Waals surface area contributed by atoms with Crippen LogP contribution in [0.25, 0.3) is 10.8 Å². The molecule has 0 spiro atoms. The Hall–Kier alpha value is -3.26. The summed E-state index contributed by atoms with van der Waals surface area (Å²) in [5.41, 5.74) is 0.539. The second kappa shape index (κ2) is 10.9. The SMILES string of the molecule is COc1ccc(N(CCCC(=O)NCCOc2cccc3ccccc23)S(C)(=O)=O)cc1. The average Bonchev–Trinajstić information content (AvgIpc) is 2.79. The Balaban J connectivity index is 1.44. The fourth-order valence-corrected chi connectivity index (χ4v) is 4.34. The summed E-state index contributed by atoms with van der Waals surface area (Å²) in [6, 6.07) is 20.6. The van der Waals surface area contributed by atoms with Crippen LogP contribution in [0.15, 0.2) is 66.7 Å². The number of anilines is 1. The first-order valence-corrected chi connectivity index (χ1v) is 12.2. The Kier molecular flexibility index (Phi) is 7.94. The van der Waals surface area contributed by atoms with Crippen molar-refractivity contribution in [2.45, 2.75) is 12.8 Å². The Morgan fingerprint density at radius 2 is 1.72 bits per heavy atom. The molecule has 0 unspecified atom stereocenters. The maximum atomic E-state index is 12.2. The summed E-state index contributed by atoms with van der Waals surface area (Å²) in [5.74, 6) is 1.28. The van der Waals surface area contributed by atoms with Gasteiger partial charge in [0.1, 0.15) is 18.1 Å². The quantitative estimate of drug-likeness (QED) is 0.446. The summed E-state index contributed by atoms with van der Waals surface area (Å²) in [6.07, 6.45) is 1.77. The van der Waals surface area contributed by atoms with E-state index in [0.717, 1.165) is 22.8 Å². The van der Waals surface area contributed by atoms with Crippen LogP contribution >= 0.6 is 0 Å². The molecule has 0 saturated heterocycles. The minimum Gasteiger partial charge on any atom is -0.497 e. The molecule has 3 rings (SSSR count). The highest BCUT2D eigenvalue weighted by molar-refractivity contribution is 7.92. The number of benzene rings is 3.